The van der Waals surface area contributed by atoms with Crippen LogP contribution in [0.3, 0.4) is 0 Å². The van der Waals surface area contributed by atoms with Crippen molar-refractivity contribution in [2.24, 2.45) is 0 Å². The molecule has 0 fully saturated rings. The molecule has 0 aliphatic carbocycles. The second-order valence-electron chi connectivity index (χ2n) is 28.5. The molecule has 0 saturated heterocycles. The molecule has 22 rings (SSSR count). The summed E-state index contributed by atoms with van der Waals surface area (Å²) in [5.41, 5.74) is 25.1. The number of para-hydroxylation sites is 8. The molecule has 0 aliphatic rings. The van der Waals surface area contributed by atoms with Crippen molar-refractivity contribution >= 4 is 65.9 Å². The molecule has 12 nitrogen and oxygen atoms in total. The standard InChI is InChI=1S/2C52H33N5O/c1-4-15-34(16-5-1)36-29-31-37(32-30-36)49-54-50(39-20-12-19-38(33-39)35-17-6-2-7-18-35)56-51(55-49)42-24-14-28-46-47(42)41-23-13-25-43(48(41)58-46)52-53-44-26-10-11-27-45(44)57(52)40-21-8-3-9-22-40;1-4-14-34(15-5-1)36-26-30-38(31-27-36)49-54-50(39-32-28-37(29-33-39)35-16-6-2-7-17-35)56-51(55-49)42-21-13-25-46-47(42)41-20-12-22-43(48(41)58-46)52-53-44-23-10-11-24-45(44)57(52)40-18-8-3-9-19-40/h2*1-33H. The first kappa shape index (κ1) is 68.1. The fraction of sp³-hybridized carbons (Fsp3) is 0. The Labute approximate surface area is 667 Å². The SMILES string of the molecule is c1ccc(-c2ccc(-c3nc(-c4ccc(-c5ccccc5)cc4)nc(-c4cccc5oc6c(-c7nc8ccccc8n7-c7ccccc7)cccc6c45)n3)cc2)cc1.c1ccc(-c2ccc(-c3nc(-c4cccc(-c5ccccc5)c4)nc(-c4cccc5oc6c(-c7nc8ccccc8n7-c7ccccc7)cccc6c45)n3)cc2)cc1. The average molecular weight is 1490 g/mol. The number of nitrogens with zero attached hydrogens (tertiary/aromatic N) is 10. The second-order valence-corrected chi connectivity index (χ2v) is 28.5. The summed E-state index contributed by atoms with van der Waals surface area (Å²) in [4.78, 5) is 41.4. The molecule has 0 bridgehead atoms. The molecule has 0 radical (unpaired) electrons. The highest BCUT2D eigenvalue weighted by atomic mass is 16.3. The molecule has 0 amide bonds. The van der Waals surface area contributed by atoms with E-state index in [1.807, 2.05) is 84.9 Å². The van der Waals surface area contributed by atoms with Crippen molar-refractivity contribution in [3.63, 3.8) is 0 Å². The number of hydrogen-bond donors (Lipinski definition) is 0. The molecular weight excluding hydrogens is 1420 g/mol. The fourth-order valence-corrected chi connectivity index (χ4v) is 15.8. The normalized spacial score (nSPS) is 11.4. The van der Waals surface area contributed by atoms with Crippen molar-refractivity contribution in [1.82, 2.24) is 49.0 Å². The first-order valence-electron chi connectivity index (χ1n) is 38.6. The van der Waals surface area contributed by atoms with E-state index in [1.54, 1.807) is 0 Å². The van der Waals surface area contributed by atoms with Crippen LogP contribution in [0.1, 0.15) is 0 Å². The maximum absolute atomic E-state index is 6.81. The molecule has 0 unspecified atom stereocenters. The summed E-state index contributed by atoms with van der Waals surface area (Å²) < 4.78 is 18.0. The van der Waals surface area contributed by atoms with Crippen LogP contribution in [0.25, 0.3) is 213 Å². The lowest BCUT2D eigenvalue weighted by atomic mass is 10.0. The Kier molecular flexibility index (Phi) is 17.3. The average Bonchev–Trinajstić information content (AvgIpc) is 1.58. The van der Waals surface area contributed by atoms with E-state index in [2.05, 4.69) is 325 Å². The molecule has 22 aromatic rings. The number of rotatable bonds is 14. The molecule has 12 heteroatoms. The Morgan fingerprint density at radius 1 is 0.190 bits per heavy atom. The highest BCUT2D eigenvalue weighted by Gasteiger charge is 2.26. The van der Waals surface area contributed by atoms with Gasteiger partial charge in [-0.3, -0.25) is 9.13 Å². The zero-order valence-corrected chi connectivity index (χ0v) is 62.4. The third-order valence-corrected chi connectivity index (χ3v) is 21.4. The molecule has 0 aliphatic heterocycles. The van der Waals surface area contributed by atoms with Gasteiger partial charge in [0.15, 0.2) is 34.9 Å². The van der Waals surface area contributed by atoms with Crippen LogP contribution in [0.2, 0.25) is 0 Å². The van der Waals surface area contributed by atoms with Gasteiger partial charge in [0, 0.05) is 66.3 Å². The highest BCUT2D eigenvalue weighted by Crippen LogP contribution is 2.45. The van der Waals surface area contributed by atoms with Gasteiger partial charge in [-0.2, -0.15) is 0 Å². The third kappa shape index (κ3) is 12.7. The minimum atomic E-state index is 0.562. The maximum atomic E-state index is 6.81. The van der Waals surface area contributed by atoms with Gasteiger partial charge in [-0.15, -0.1) is 0 Å². The van der Waals surface area contributed by atoms with Gasteiger partial charge < -0.3 is 8.83 Å². The molecule has 16 aromatic carbocycles. The lowest BCUT2D eigenvalue weighted by Crippen LogP contribution is -2.00. The fourth-order valence-electron chi connectivity index (χ4n) is 15.8. The van der Waals surface area contributed by atoms with Crippen LogP contribution in [-0.4, -0.2) is 49.0 Å². The molecule has 0 atom stereocenters. The van der Waals surface area contributed by atoms with Crippen LogP contribution in [0.15, 0.2) is 409 Å². The summed E-state index contributed by atoms with van der Waals surface area (Å²) in [6, 6.07) is 137. The summed E-state index contributed by atoms with van der Waals surface area (Å²) >= 11 is 0. The van der Waals surface area contributed by atoms with Gasteiger partial charge in [-0.1, -0.05) is 322 Å². The number of hydrogen-bond acceptors (Lipinski definition) is 10. The first-order chi connectivity index (χ1) is 57.5. The van der Waals surface area contributed by atoms with Gasteiger partial charge in [0.05, 0.1) is 33.2 Å². The lowest BCUT2D eigenvalue weighted by Gasteiger charge is -2.11. The summed E-state index contributed by atoms with van der Waals surface area (Å²) in [6.07, 6.45) is 0. The maximum Gasteiger partial charge on any atom is 0.164 e. The van der Waals surface area contributed by atoms with Gasteiger partial charge in [0.25, 0.3) is 0 Å². The predicted molar refractivity (Wildman–Crippen MR) is 469 cm³/mol. The van der Waals surface area contributed by atoms with E-state index in [0.717, 1.165) is 178 Å². The van der Waals surface area contributed by atoms with Crippen molar-refractivity contribution in [3.05, 3.63) is 400 Å². The molecule has 6 aromatic heterocycles. The number of furan rings is 2. The largest absolute Gasteiger partial charge is 0.455 e. The summed E-state index contributed by atoms with van der Waals surface area (Å²) in [5, 5.41) is 3.78. The number of imidazole rings is 2. The summed E-state index contributed by atoms with van der Waals surface area (Å²) in [5.74, 6) is 5.10. The van der Waals surface area contributed by atoms with Crippen molar-refractivity contribution in [2.75, 3.05) is 0 Å². The van der Waals surface area contributed by atoms with Gasteiger partial charge in [-0.25, -0.2) is 39.9 Å². The van der Waals surface area contributed by atoms with Gasteiger partial charge in [0.2, 0.25) is 0 Å². The van der Waals surface area contributed by atoms with Gasteiger partial charge in [-0.05, 0) is 123 Å². The molecule has 116 heavy (non-hydrogen) atoms. The Balaban J connectivity index is 0.000000145. The van der Waals surface area contributed by atoms with Crippen LogP contribution in [0.4, 0.5) is 0 Å². The van der Waals surface area contributed by atoms with E-state index in [9.17, 15) is 0 Å². The van der Waals surface area contributed by atoms with E-state index in [1.165, 1.54) is 0 Å². The molecule has 0 N–H and O–H groups in total. The van der Waals surface area contributed by atoms with Crippen LogP contribution >= 0.6 is 0 Å². The number of fused-ring (bicyclic) bond motifs is 8. The van der Waals surface area contributed by atoms with E-state index < -0.39 is 0 Å². The Morgan fingerprint density at radius 2 is 0.466 bits per heavy atom. The van der Waals surface area contributed by atoms with E-state index in [4.69, 9.17) is 48.7 Å². The van der Waals surface area contributed by atoms with Gasteiger partial charge >= 0.3 is 0 Å². The number of benzene rings is 16. The minimum Gasteiger partial charge on any atom is -0.455 e. The van der Waals surface area contributed by atoms with E-state index in [0.29, 0.717) is 34.9 Å². The van der Waals surface area contributed by atoms with Gasteiger partial charge in [0.1, 0.15) is 34.0 Å². The van der Waals surface area contributed by atoms with Crippen LogP contribution in [-0.2, 0) is 0 Å². The summed E-state index contributed by atoms with van der Waals surface area (Å²) in [6.45, 7) is 0. The quantitative estimate of drug-likeness (QED) is 0.103. The molecule has 544 valence electrons. The van der Waals surface area contributed by atoms with E-state index >= 15 is 0 Å². The highest BCUT2D eigenvalue weighted by molar-refractivity contribution is 6.16. The first-order valence-corrected chi connectivity index (χ1v) is 38.6. The minimum absolute atomic E-state index is 0.562. The van der Waals surface area contributed by atoms with Crippen molar-refractivity contribution in [3.8, 4) is 147 Å². The second kappa shape index (κ2) is 29.4. The third-order valence-electron chi connectivity index (χ3n) is 21.4. The molecular formula is C104H66N10O2. The number of aromatic nitrogens is 10. The van der Waals surface area contributed by atoms with Crippen molar-refractivity contribution in [1.29, 1.82) is 0 Å². The van der Waals surface area contributed by atoms with Crippen LogP contribution in [0.5, 0.6) is 0 Å². The Morgan fingerprint density at radius 3 is 0.853 bits per heavy atom. The van der Waals surface area contributed by atoms with E-state index in [-0.39, 0.29) is 0 Å². The monoisotopic (exact) mass is 1490 g/mol. The lowest BCUT2D eigenvalue weighted by molar-refractivity contribution is 0.669. The van der Waals surface area contributed by atoms with Crippen LogP contribution < -0.4 is 0 Å². The molecule has 6 heterocycles. The Bertz CT molecular complexity index is 7300. The zero-order valence-electron chi connectivity index (χ0n) is 62.4. The smallest absolute Gasteiger partial charge is 0.164 e. The molecule has 0 spiro atoms. The van der Waals surface area contributed by atoms with Crippen molar-refractivity contribution < 1.29 is 8.83 Å². The predicted octanol–water partition coefficient (Wildman–Crippen LogP) is 26.2. The molecule has 0 saturated carbocycles. The Hall–Kier alpha value is -15.9. The van der Waals surface area contributed by atoms with Crippen molar-refractivity contribution in [2.45, 2.75) is 0 Å². The summed E-state index contributed by atoms with van der Waals surface area (Å²) in [7, 11) is 0. The van der Waals surface area contributed by atoms with Crippen LogP contribution in [0, 0.1) is 0 Å². The topological polar surface area (TPSA) is 139 Å². The zero-order chi connectivity index (χ0) is 76.8.